The molecule has 2 heterocycles. The molecule has 4 heteroatoms. The first-order valence-corrected chi connectivity index (χ1v) is 5.76. The molecule has 2 rings (SSSR count). The summed E-state index contributed by atoms with van der Waals surface area (Å²) in [6, 6.07) is 0.468. The monoisotopic (exact) mass is 219 g/mol. The summed E-state index contributed by atoms with van der Waals surface area (Å²) in [7, 11) is 0. The van der Waals surface area contributed by atoms with Gasteiger partial charge >= 0.3 is 0 Å². The van der Waals surface area contributed by atoms with Gasteiger partial charge in [-0.3, -0.25) is 4.79 Å². The van der Waals surface area contributed by atoms with Crippen molar-refractivity contribution in [2.75, 3.05) is 11.4 Å². The minimum atomic E-state index is 0.468. The Labute approximate surface area is 95.7 Å². The van der Waals surface area contributed by atoms with Crippen LogP contribution in [0.25, 0.3) is 0 Å². The van der Waals surface area contributed by atoms with Gasteiger partial charge in [-0.25, -0.2) is 9.97 Å². The fourth-order valence-corrected chi connectivity index (χ4v) is 2.16. The van der Waals surface area contributed by atoms with E-state index in [1.807, 2.05) is 0 Å². The predicted molar refractivity (Wildman–Crippen MR) is 62.6 cm³/mol. The molecule has 1 fully saturated rings. The number of hydrogen-bond donors (Lipinski definition) is 0. The van der Waals surface area contributed by atoms with E-state index in [-0.39, 0.29) is 0 Å². The fourth-order valence-electron chi connectivity index (χ4n) is 2.16. The molecule has 2 unspecified atom stereocenters. The summed E-state index contributed by atoms with van der Waals surface area (Å²) < 4.78 is 0. The molecule has 1 saturated heterocycles. The molecule has 0 saturated carbocycles. The normalized spacial score (nSPS) is 25.5. The third-order valence-corrected chi connectivity index (χ3v) is 3.42. The molecule has 0 aliphatic carbocycles. The van der Waals surface area contributed by atoms with E-state index in [4.69, 9.17) is 0 Å². The van der Waals surface area contributed by atoms with Gasteiger partial charge in [-0.05, 0) is 25.7 Å². The molecule has 0 bridgehead atoms. The second kappa shape index (κ2) is 4.60. The second-order valence-corrected chi connectivity index (χ2v) is 4.49. The molecule has 1 aromatic rings. The van der Waals surface area contributed by atoms with Crippen LogP contribution in [0.4, 0.5) is 5.95 Å². The predicted octanol–water partition coefficient (Wildman–Crippen LogP) is 1.91. The summed E-state index contributed by atoms with van der Waals surface area (Å²) in [5.74, 6) is 1.41. The lowest BCUT2D eigenvalue weighted by Gasteiger charge is -2.37. The van der Waals surface area contributed by atoms with Crippen LogP contribution < -0.4 is 4.90 Å². The molecule has 1 aliphatic heterocycles. The Kier molecular flexibility index (Phi) is 3.17. The molecule has 16 heavy (non-hydrogen) atoms. The van der Waals surface area contributed by atoms with E-state index in [1.54, 1.807) is 12.4 Å². The number of nitrogens with zero attached hydrogens (tertiary/aromatic N) is 3. The van der Waals surface area contributed by atoms with Gasteiger partial charge in [0.2, 0.25) is 5.95 Å². The standard InChI is InChI=1S/C12H17N3O/c1-9-4-3-5-15(10(9)2)12-13-6-11(8-16)7-14-12/h6-10H,3-5H2,1-2H3. The first-order chi connectivity index (χ1) is 7.72. The van der Waals surface area contributed by atoms with Crippen molar-refractivity contribution < 1.29 is 4.79 Å². The summed E-state index contributed by atoms with van der Waals surface area (Å²) in [5.41, 5.74) is 0.529. The van der Waals surface area contributed by atoms with E-state index in [0.717, 1.165) is 18.8 Å². The summed E-state index contributed by atoms with van der Waals surface area (Å²) in [4.78, 5) is 21.2. The third kappa shape index (κ3) is 2.05. The van der Waals surface area contributed by atoms with Gasteiger partial charge in [0.25, 0.3) is 0 Å². The first-order valence-electron chi connectivity index (χ1n) is 5.76. The Morgan fingerprint density at radius 2 is 2.06 bits per heavy atom. The van der Waals surface area contributed by atoms with Crippen LogP contribution in [0.1, 0.15) is 37.0 Å². The van der Waals surface area contributed by atoms with E-state index in [9.17, 15) is 4.79 Å². The van der Waals surface area contributed by atoms with Crippen LogP contribution in [0.3, 0.4) is 0 Å². The van der Waals surface area contributed by atoms with Gasteiger partial charge in [0.1, 0.15) is 0 Å². The Balaban J connectivity index is 2.18. The van der Waals surface area contributed by atoms with Crippen LogP contribution in [0.5, 0.6) is 0 Å². The number of carbonyl (C=O) groups excluding carboxylic acids is 1. The summed E-state index contributed by atoms with van der Waals surface area (Å²) >= 11 is 0. The average Bonchev–Trinajstić information content (AvgIpc) is 2.33. The van der Waals surface area contributed by atoms with Gasteiger partial charge in [-0.15, -0.1) is 0 Å². The van der Waals surface area contributed by atoms with Gasteiger partial charge in [0, 0.05) is 25.0 Å². The van der Waals surface area contributed by atoms with Crippen LogP contribution in [-0.2, 0) is 0 Å². The van der Waals surface area contributed by atoms with Crippen molar-refractivity contribution in [1.82, 2.24) is 9.97 Å². The lowest BCUT2D eigenvalue weighted by Crippen LogP contribution is -2.43. The lowest BCUT2D eigenvalue weighted by atomic mass is 9.92. The van der Waals surface area contributed by atoms with Gasteiger partial charge in [-0.2, -0.15) is 0 Å². The highest BCUT2D eigenvalue weighted by molar-refractivity contribution is 5.73. The van der Waals surface area contributed by atoms with Crippen molar-refractivity contribution in [1.29, 1.82) is 0 Å². The first kappa shape index (κ1) is 11.0. The van der Waals surface area contributed by atoms with Crippen molar-refractivity contribution in [3.8, 4) is 0 Å². The zero-order chi connectivity index (χ0) is 11.5. The van der Waals surface area contributed by atoms with Crippen LogP contribution in [0.2, 0.25) is 0 Å². The minimum Gasteiger partial charge on any atom is -0.338 e. The van der Waals surface area contributed by atoms with E-state index in [1.165, 1.54) is 12.8 Å². The summed E-state index contributed by atoms with van der Waals surface area (Å²) in [6.07, 6.45) is 6.39. The molecule has 4 nitrogen and oxygen atoms in total. The highest BCUT2D eigenvalue weighted by Gasteiger charge is 2.26. The van der Waals surface area contributed by atoms with Crippen LogP contribution >= 0.6 is 0 Å². The molecule has 0 aromatic carbocycles. The quantitative estimate of drug-likeness (QED) is 0.713. The van der Waals surface area contributed by atoms with Crippen molar-refractivity contribution in [2.24, 2.45) is 5.92 Å². The average molecular weight is 219 g/mol. The van der Waals surface area contributed by atoms with Crippen LogP contribution in [-0.4, -0.2) is 28.8 Å². The molecular weight excluding hydrogens is 202 g/mol. The van der Waals surface area contributed by atoms with Crippen molar-refractivity contribution >= 4 is 12.2 Å². The van der Waals surface area contributed by atoms with Crippen LogP contribution in [0, 0.1) is 5.92 Å². The molecule has 0 radical (unpaired) electrons. The smallest absolute Gasteiger partial charge is 0.225 e. The number of rotatable bonds is 2. The maximum atomic E-state index is 10.5. The number of piperidine rings is 1. The highest BCUT2D eigenvalue weighted by atomic mass is 16.1. The van der Waals surface area contributed by atoms with E-state index in [2.05, 4.69) is 28.7 Å². The molecular formula is C12H17N3O. The fraction of sp³-hybridized carbons (Fsp3) is 0.583. The van der Waals surface area contributed by atoms with Gasteiger partial charge < -0.3 is 4.90 Å². The molecule has 0 spiro atoms. The molecule has 2 atom stereocenters. The highest BCUT2D eigenvalue weighted by Crippen LogP contribution is 2.25. The third-order valence-electron chi connectivity index (χ3n) is 3.42. The number of aromatic nitrogens is 2. The topological polar surface area (TPSA) is 46.1 Å². The number of aldehydes is 1. The maximum Gasteiger partial charge on any atom is 0.225 e. The molecule has 0 amide bonds. The molecule has 0 N–H and O–H groups in total. The zero-order valence-electron chi connectivity index (χ0n) is 9.76. The number of anilines is 1. The number of hydrogen-bond acceptors (Lipinski definition) is 4. The second-order valence-electron chi connectivity index (χ2n) is 4.49. The summed E-state index contributed by atoms with van der Waals surface area (Å²) in [6.45, 7) is 5.48. The molecule has 1 aromatic heterocycles. The van der Waals surface area contributed by atoms with Crippen LogP contribution in [0.15, 0.2) is 12.4 Å². The van der Waals surface area contributed by atoms with E-state index < -0.39 is 0 Å². The Bertz CT molecular complexity index is 363. The minimum absolute atomic E-state index is 0.468. The van der Waals surface area contributed by atoms with Crippen molar-refractivity contribution in [2.45, 2.75) is 32.7 Å². The van der Waals surface area contributed by atoms with E-state index in [0.29, 0.717) is 17.5 Å². The Hall–Kier alpha value is -1.45. The van der Waals surface area contributed by atoms with Gasteiger partial charge in [-0.1, -0.05) is 6.92 Å². The van der Waals surface area contributed by atoms with Crippen molar-refractivity contribution in [3.05, 3.63) is 18.0 Å². The Morgan fingerprint density at radius 3 is 2.69 bits per heavy atom. The number of carbonyl (C=O) groups is 1. The largest absolute Gasteiger partial charge is 0.338 e. The summed E-state index contributed by atoms with van der Waals surface area (Å²) in [5, 5.41) is 0. The lowest BCUT2D eigenvalue weighted by molar-refractivity contribution is 0.112. The molecule has 1 aliphatic rings. The SMILES string of the molecule is CC1CCCN(c2ncc(C=O)cn2)C1C. The maximum absolute atomic E-state index is 10.5. The van der Waals surface area contributed by atoms with Crippen molar-refractivity contribution in [3.63, 3.8) is 0 Å². The zero-order valence-corrected chi connectivity index (χ0v) is 9.76. The van der Waals surface area contributed by atoms with E-state index >= 15 is 0 Å². The van der Waals surface area contributed by atoms with Gasteiger partial charge in [0.05, 0.1) is 5.56 Å². The molecule has 86 valence electrons. The Morgan fingerprint density at radius 1 is 1.38 bits per heavy atom. The van der Waals surface area contributed by atoms with Gasteiger partial charge in [0.15, 0.2) is 6.29 Å².